The molecule has 1 aliphatic rings. The largest absolute Gasteiger partial charge is 0.494 e. The molecule has 3 aromatic heterocycles. The van der Waals surface area contributed by atoms with Crippen molar-refractivity contribution in [3.05, 3.63) is 94.6 Å². The summed E-state index contributed by atoms with van der Waals surface area (Å²) in [5.41, 5.74) is 7.97. The van der Waals surface area contributed by atoms with E-state index in [2.05, 4.69) is 24.0 Å². The van der Waals surface area contributed by atoms with Crippen molar-refractivity contribution in [1.29, 1.82) is 0 Å². The first-order valence-electron chi connectivity index (χ1n) is 13.8. The summed E-state index contributed by atoms with van der Waals surface area (Å²) in [4.78, 5) is 26.3. The average molecular weight is 565 g/mol. The third-order valence-corrected chi connectivity index (χ3v) is 7.67. The van der Waals surface area contributed by atoms with Crippen LogP contribution in [0.5, 0.6) is 17.4 Å². The van der Waals surface area contributed by atoms with Crippen LogP contribution in [0.4, 0.5) is 0 Å². The second-order valence-corrected chi connectivity index (χ2v) is 10.3. The average Bonchev–Trinajstić information content (AvgIpc) is 3.33. The molecule has 0 fully saturated rings. The number of nitrogens with zero attached hydrogens (tertiary/aromatic N) is 4. The van der Waals surface area contributed by atoms with E-state index in [0.717, 1.165) is 63.4 Å². The maximum absolute atomic E-state index is 12.3. The van der Waals surface area contributed by atoms with Gasteiger partial charge < -0.3 is 23.5 Å². The quantitative estimate of drug-likeness (QED) is 0.259. The fourth-order valence-electron chi connectivity index (χ4n) is 5.38. The second kappa shape index (κ2) is 11.5. The number of hydrogen-bond acceptors (Lipinski definition) is 8. The molecule has 5 aromatic rings. The van der Waals surface area contributed by atoms with Gasteiger partial charge in [0.1, 0.15) is 29.4 Å². The minimum absolute atomic E-state index is 0.407. The Morgan fingerprint density at radius 3 is 2.76 bits per heavy atom. The number of carbonyl (C=O) groups excluding carboxylic acids is 1. The van der Waals surface area contributed by atoms with Crippen molar-refractivity contribution in [1.82, 2.24) is 19.5 Å². The fraction of sp³-hybridized carbons (Fsp3) is 0.273. The number of carbonyl (C=O) groups is 1. The Balaban J connectivity index is 1.40. The van der Waals surface area contributed by atoms with Crippen LogP contribution in [0, 0.1) is 6.92 Å². The number of imidazole rings is 1. The second-order valence-electron chi connectivity index (χ2n) is 10.3. The van der Waals surface area contributed by atoms with Gasteiger partial charge in [-0.25, -0.2) is 14.8 Å². The highest BCUT2D eigenvalue weighted by Gasteiger charge is 2.20. The van der Waals surface area contributed by atoms with Gasteiger partial charge in [-0.15, -0.1) is 0 Å². The molecule has 0 saturated carbocycles. The van der Waals surface area contributed by atoms with Gasteiger partial charge in [0.25, 0.3) is 0 Å². The van der Waals surface area contributed by atoms with Crippen molar-refractivity contribution >= 4 is 17.0 Å². The topological polar surface area (TPSA) is 97.6 Å². The molecule has 0 spiro atoms. The summed E-state index contributed by atoms with van der Waals surface area (Å²) in [6.07, 6.45) is 5.85. The molecule has 9 heteroatoms. The molecule has 0 radical (unpaired) electrons. The van der Waals surface area contributed by atoms with Crippen molar-refractivity contribution in [3.8, 4) is 28.6 Å². The Hall–Kier alpha value is -4.92. The molecule has 6 rings (SSSR count). The van der Waals surface area contributed by atoms with Crippen LogP contribution >= 0.6 is 0 Å². The first kappa shape index (κ1) is 27.3. The van der Waals surface area contributed by atoms with E-state index in [1.54, 1.807) is 25.4 Å². The minimum Gasteiger partial charge on any atom is -0.494 e. The molecule has 42 heavy (non-hydrogen) atoms. The third-order valence-electron chi connectivity index (χ3n) is 7.67. The van der Waals surface area contributed by atoms with E-state index < -0.39 is 5.97 Å². The Morgan fingerprint density at radius 2 is 1.93 bits per heavy atom. The SMILES string of the molecule is COC(=O)c1cc(OC)c2nc(Cc3cc(C)c4cc3OCCCc3cnccc3COc3cccc-4n3)n(C)c2c1. The number of aryl methyl sites for hydroxylation is 3. The lowest BCUT2D eigenvalue weighted by Gasteiger charge is -2.17. The van der Waals surface area contributed by atoms with Crippen LogP contribution in [0.3, 0.4) is 0 Å². The highest BCUT2D eigenvalue weighted by Crippen LogP contribution is 2.34. The van der Waals surface area contributed by atoms with Crippen molar-refractivity contribution < 1.29 is 23.7 Å². The molecule has 9 nitrogen and oxygen atoms in total. The number of fused-ring (bicyclic) bond motifs is 7. The zero-order chi connectivity index (χ0) is 29.2. The zero-order valence-electron chi connectivity index (χ0n) is 24.1. The number of esters is 1. The zero-order valence-corrected chi connectivity index (χ0v) is 24.1. The van der Waals surface area contributed by atoms with E-state index >= 15 is 0 Å². The van der Waals surface area contributed by atoms with Gasteiger partial charge in [0, 0.05) is 43.1 Å². The summed E-state index contributed by atoms with van der Waals surface area (Å²) < 4.78 is 25.1. The molecule has 0 unspecified atom stereocenters. The normalized spacial score (nSPS) is 13.0. The molecule has 0 saturated heterocycles. The molecule has 0 aliphatic carbocycles. The summed E-state index contributed by atoms with van der Waals surface area (Å²) in [6, 6.07) is 15.5. The molecular formula is C33H32N4O5. The molecule has 2 aromatic carbocycles. The first-order chi connectivity index (χ1) is 20.4. The van der Waals surface area contributed by atoms with Gasteiger partial charge in [-0.05, 0) is 66.8 Å². The number of rotatable bonds is 4. The Labute approximate surface area is 244 Å². The van der Waals surface area contributed by atoms with E-state index in [1.807, 2.05) is 42.1 Å². The maximum Gasteiger partial charge on any atom is 0.338 e. The molecule has 1 aliphatic heterocycles. The van der Waals surface area contributed by atoms with E-state index in [9.17, 15) is 4.79 Å². The fourth-order valence-corrected chi connectivity index (χ4v) is 5.38. The summed E-state index contributed by atoms with van der Waals surface area (Å²) in [6.45, 7) is 3.05. The van der Waals surface area contributed by atoms with Gasteiger partial charge in [-0.2, -0.15) is 0 Å². The summed E-state index contributed by atoms with van der Waals surface area (Å²) >= 11 is 0. The van der Waals surface area contributed by atoms with Crippen LogP contribution in [-0.4, -0.2) is 46.3 Å². The Morgan fingerprint density at radius 1 is 1.05 bits per heavy atom. The number of pyridine rings is 2. The third kappa shape index (κ3) is 5.25. The molecule has 4 heterocycles. The van der Waals surface area contributed by atoms with Gasteiger partial charge in [0.05, 0.1) is 37.6 Å². The van der Waals surface area contributed by atoms with Gasteiger partial charge in [0.2, 0.25) is 5.88 Å². The predicted octanol–water partition coefficient (Wildman–Crippen LogP) is 5.63. The van der Waals surface area contributed by atoms with E-state index in [0.29, 0.717) is 42.3 Å². The summed E-state index contributed by atoms with van der Waals surface area (Å²) in [5.74, 6) is 2.24. The van der Waals surface area contributed by atoms with Crippen molar-refractivity contribution in [2.45, 2.75) is 32.8 Å². The highest BCUT2D eigenvalue weighted by atomic mass is 16.5. The molecule has 0 amide bonds. The number of ether oxygens (including phenoxy) is 4. The standard InChI is InChI=1S/C33H32N4O5/c1-20-13-23(16-30-36-32-27(37(30)2)14-24(33(38)40-4)15-29(32)39-3)28-17-25(20)26-8-5-9-31(35-26)42-19-22-10-11-34-18-21(22)7-6-12-41-28/h5,8-11,13-15,17-18H,6-7,12,16,19H2,1-4H3. The summed E-state index contributed by atoms with van der Waals surface area (Å²) in [5, 5.41) is 0. The van der Waals surface area contributed by atoms with Crippen LogP contribution in [-0.2, 0) is 31.2 Å². The Kier molecular flexibility index (Phi) is 7.48. The van der Waals surface area contributed by atoms with Crippen LogP contribution in [0.2, 0.25) is 0 Å². The molecular weight excluding hydrogens is 532 g/mol. The van der Waals surface area contributed by atoms with Crippen LogP contribution in [0.1, 0.15) is 44.9 Å². The Bertz CT molecular complexity index is 1800. The lowest BCUT2D eigenvalue weighted by molar-refractivity contribution is 0.0600. The lowest BCUT2D eigenvalue weighted by atomic mass is 9.99. The number of hydrogen-bond donors (Lipinski definition) is 0. The van der Waals surface area contributed by atoms with Crippen molar-refractivity contribution in [2.75, 3.05) is 20.8 Å². The van der Waals surface area contributed by atoms with Gasteiger partial charge in [0.15, 0.2) is 0 Å². The van der Waals surface area contributed by atoms with Crippen molar-refractivity contribution in [2.24, 2.45) is 7.05 Å². The molecule has 0 atom stereocenters. The van der Waals surface area contributed by atoms with Crippen LogP contribution in [0.15, 0.2) is 60.9 Å². The maximum atomic E-state index is 12.3. The minimum atomic E-state index is -0.430. The van der Waals surface area contributed by atoms with E-state index in [4.69, 9.17) is 28.9 Å². The number of aromatic nitrogens is 4. The van der Waals surface area contributed by atoms with Crippen LogP contribution < -0.4 is 14.2 Å². The molecule has 0 N–H and O–H groups in total. The van der Waals surface area contributed by atoms with E-state index in [1.165, 1.54) is 7.11 Å². The first-order valence-corrected chi connectivity index (χ1v) is 13.8. The van der Waals surface area contributed by atoms with E-state index in [-0.39, 0.29) is 0 Å². The number of methoxy groups -OCH3 is 2. The molecule has 214 valence electrons. The monoisotopic (exact) mass is 564 g/mol. The summed E-state index contributed by atoms with van der Waals surface area (Å²) in [7, 11) is 4.87. The predicted molar refractivity (Wildman–Crippen MR) is 158 cm³/mol. The van der Waals surface area contributed by atoms with Crippen molar-refractivity contribution in [3.63, 3.8) is 0 Å². The van der Waals surface area contributed by atoms with Gasteiger partial charge >= 0.3 is 5.97 Å². The lowest BCUT2D eigenvalue weighted by Crippen LogP contribution is -2.08. The molecule has 4 bridgehead atoms. The van der Waals surface area contributed by atoms with Gasteiger partial charge in [-0.1, -0.05) is 12.1 Å². The highest BCUT2D eigenvalue weighted by molar-refractivity contribution is 5.96. The van der Waals surface area contributed by atoms with Crippen LogP contribution in [0.25, 0.3) is 22.3 Å². The smallest absolute Gasteiger partial charge is 0.338 e. The van der Waals surface area contributed by atoms with Gasteiger partial charge in [-0.3, -0.25) is 4.98 Å². The number of benzene rings is 2.